The van der Waals surface area contributed by atoms with Gasteiger partial charge in [0.05, 0.1) is 11.4 Å². The van der Waals surface area contributed by atoms with E-state index in [4.69, 9.17) is 5.73 Å². The van der Waals surface area contributed by atoms with Crippen molar-refractivity contribution in [2.24, 2.45) is 0 Å². The maximum atomic E-state index is 6.03. The van der Waals surface area contributed by atoms with Gasteiger partial charge in [-0.3, -0.25) is 4.57 Å². The van der Waals surface area contributed by atoms with Gasteiger partial charge in [-0.1, -0.05) is 18.2 Å². The maximum absolute atomic E-state index is 6.03. The number of hydrogen-bond donors (Lipinski definition) is 1. The fourth-order valence-corrected chi connectivity index (χ4v) is 2.24. The molecule has 0 amide bonds. The number of nitrogens with zero attached hydrogens (tertiary/aromatic N) is 4. The third kappa shape index (κ3) is 1.40. The predicted molar refractivity (Wildman–Crippen MR) is 71.7 cm³/mol. The van der Waals surface area contributed by atoms with Gasteiger partial charge in [-0.25, -0.2) is 9.67 Å². The van der Waals surface area contributed by atoms with Gasteiger partial charge in [-0.15, -0.1) is 0 Å². The number of fused-ring (bicyclic) bond motifs is 1. The smallest absolute Gasteiger partial charge is 0.207 e. The van der Waals surface area contributed by atoms with Crippen molar-refractivity contribution in [3.8, 4) is 5.69 Å². The molecule has 0 aliphatic heterocycles. The highest BCUT2D eigenvalue weighted by molar-refractivity contribution is 5.80. The standard InChI is InChI=1S/C13H15N5/c1-3-17-12-11(9(2)16-17)15-13(14)18(12)10-7-5-4-6-8-10/h4-8H,3H2,1-2H3,(H2,14,15). The topological polar surface area (TPSA) is 61.7 Å². The van der Waals surface area contributed by atoms with Crippen molar-refractivity contribution in [2.75, 3.05) is 5.73 Å². The molecule has 3 aromatic rings. The lowest BCUT2D eigenvalue weighted by atomic mass is 10.3. The second-order valence-corrected chi connectivity index (χ2v) is 4.21. The van der Waals surface area contributed by atoms with E-state index in [1.54, 1.807) is 0 Å². The monoisotopic (exact) mass is 241 g/mol. The molecule has 0 bridgehead atoms. The molecule has 0 atom stereocenters. The lowest BCUT2D eigenvalue weighted by Crippen LogP contribution is -2.06. The number of nitrogen functional groups attached to an aromatic ring is 1. The molecule has 2 aromatic heterocycles. The summed E-state index contributed by atoms with van der Waals surface area (Å²) in [4.78, 5) is 4.42. The summed E-state index contributed by atoms with van der Waals surface area (Å²) in [6.45, 7) is 4.81. The minimum Gasteiger partial charge on any atom is -0.369 e. The third-order valence-electron chi connectivity index (χ3n) is 3.05. The van der Waals surface area contributed by atoms with E-state index in [-0.39, 0.29) is 0 Å². The predicted octanol–water partition coefficient (Wildman–Crippen LogP) is 2.13. The van der Waals surface area contributed by atoms with Crippen LogP contribution in [0.25, 0.3) is 16.9 Å². The van der Waals surface area contributed by atoms with Crippen molar-refractivity contribution >= 4 is 17.1 Å². The molecule has 92 valence electrons. The summed E-state index contributed by atoms with van der Waals surface area (Å²) in [7, 11) is 0. The Kier molecular flexibility index (Phi) is 2.33. The number of aromatic nitrogens is 4. The van der Waals surface area contributed by atoms with Gasteiger partial charge in [0.25, 0.3) is 0 Å². The van der Waals surface area contributed by atoms with Gasteiger partial charge in [-0.2, -0.15) is 5.10 Å². The van der Waals surface area contributed by atoms with Crippen molar-refractivity contribution in [3.63, 3.8) is 0 Å². The molecule has 2 N–H and O–H groups in total. The van der Waals surface area contributed by atoms with Crippen molar-refractivity contribution < 1.29 is 0 Å². The number of rotatable bonds is 2. The van der Waals surface area contributed by atoms with Crippen LogP contribution < -0.4 is 5.73 Å². The molecular weight excluding hydrogens is 226 g/mol. The molecule has 0 fully saturated rings. The normalized spacial score (nSPS) is 11.2. The highest BCUT2D eigenvalue weighted by Crippen LogP contribution is 2.24. The molecule has 2 heterocycles. The Morgan fingerprint density at radius 1 is 1.22 bits per heavy atom. The van der Waals surface area contributed by atoms with Crippen molar-refractivity contribution in [1.82, 2.24) is 19.3 Å². The highest BCUT2D eigenvalue weighted by atomic mass is 15.4. The lowest BCUT2D eigenvalue weighted by molar-refractivity contribution is 0.663. The number of anilines is 1. The highest BCUT2D eigenvalue weighted by Gasteiger charge is 2.17. The zero-order chi connectivity index (χ0) is 12.7. The second-order valence-electron chi connectivity index (χ2n) is 4.21. The van der Waals surface area contributed by atoms with Crippen LogP contribution in [0.3, 0.4) is 0 Å². The Morgan fingerprint density at radius 2 is 1.94 bits per heavy atom. The van der Waals surface area contributed by atoms with Crippen LogP contribution in [0.2, 0.25) is 0 Å². The average molecular weight is 241 g/mol. The summed E-state index contributed by atoms with van der Waals surface area (Å²) in [6, 6.07) is 9.98. The van der Waals surface area contributed by atoms with Gasteiger partial charge in [-0.05, 0) is 26.0 Å². The van der Waals surface area contributed by atoms with Gasteiger partial charge in [0, 0.05) is 6.54 Å². The first-order valence-electron chi connectivity index (χ1n) is 5.99. The van der Waals surface area contributed by atoms with Gasteiger partial charge in [0.2, 0.25) is 5.95 Å². The van der Waals surface area contributed by atoms with Crippen LogP contribution in [0, 0.1) is 6.92 Å². The maximum Gasteiger partial charge on any atom is 0.207 e. The summed E-state index contributed by atoms with van der Waals surface area (Å²) in [5.41, 5.74) is 9.78. The Hall–Kier alpha value is -2.30. The summed E-state index contributed by atoms with van der Waals surface area (Å²) in [6.07, 6.45) is 0. The quantitative estimate of drug-likeness (QED) is 0.747. The van der Waals surface area contributed by atoms with E-state index < -0.39 is 0 Å². The van der Waals surface area contributed by atoms with Gasteiger partial charge in [0.1, 0.15) is 5.52 Å². The number of benzene rings is 1. The van der Waals surface area contributed by atoms with E-state index in [2.05, 4.69) is 17.0 Å². The van der Waals surface area contributed by atoms with E-state index >= 15 is 0 Å². The Bertz CT molecular complexity index is 693. The Morgan fingerprint density at radius 3 is 2.61 bits per heavy atom. The van der Waals surface area contributed by atoms with Crippen LogP contribution in [-0.4, -0.2) is 19.3 Å². The van der Waals surface area contributed by atoms with E-state index in [0.29, 0.717) is 5.95 Å². The van der Waals surface area contributed by atoms with Gasteiger partial charge >= 0.3 is 0 Å². The molecule has 0 unspecified atom stereocenters. The number of nitrogens with two attached hydrogens (primary N) is 1. The zero-order valence-electron chi connectivity index (χ0n) is 10.5. The molecule has 18 heavy (non-hydrogen) atoms. The minimum atomic E-state index is 0.499. The van der Waals surface area contributed by atoms with Gasteiger partial charge in [0.15, 0.2) is 5.65 Å². The first kappa shape index (κ1) is 10.8. The molecule has 0 radical (unpaired) electrons. The summed E-state index contributed by atoms with van der Waals surface area (Å²) in [5.74, 6) is 0.499. The van der Waals surface area contributed by atoms with E-state index in [0.717, 1.165) is 29.1 Å². The molecule has 0 spiro atoms. The third-order valence-corrected chi connectivity index (χ3v) is 3.05. The summed E-state index contributed by atoms with van der Waals surface area (Å²) < 4.78 is 3.87. The van der Waals surface area contributed by atoms with E-state index in [1.807, 2.05) is 46.5 Å². The second kappa shape index (κ2) is 3.87. The zero-order valence-corrected chi connectivity index (χ0v) is 10.5. The van der Waals surface area contributed by atoms with Crippen molar-refractivity contribution in [2.45, 2.75) is 20.4 Å². The first-order chi connectivity index (χ1) is 8.72. The van der Waals surface area contributed by atoms with Crippen LogP contribution in [-0.2, 0) is 6.54 Å². The molecular formula is C13H15N5. The van der Waals surface area contributed by atoms with Crippen LogP contribution in [0.4, 0.5) is 5.95 Å². The molecule has 0 aliphatic rings. The number of para-hydroxylation sites is 1. The Labute approximate surface area is 105 Å². The van der Waals surface area contributed by atoms with Crippen LogP contribution >= 0.6 is 0 Å². The number of aryl methyl sites for hydroxylation is 2. The molecule has 5 heteroatoms. The number of imidazole rings is 1. The molecule has 0 saturated carbocycles. The average Bonchev–Trinajstić information content (AvgIpc) is 2.88. The molecule has 3 rings (SSSR count). The fraction of sp³-hybridized carbons (Fsp3) is 0.231. The minimum absolute atomic E-state index is 0.499. The van der Waals surface area contributed by atoms with Crippen LogP contribution in [0.5, 0.6) is 0 Å². The van der Waals surface area contributed by atoms with E-state index in [1.165, 1.54) is 0 Å². The largest absolute Gasteiger partial charge is 0.369 e. The molecule has 0 saturated heterocycles. The van der Waals surface area contributed by atoms with Crippen molar-refractivity contribution in [1.29, 1.82) is 0 Å². The summed E-state index contributed by atoms with van der Waals surface area (Å²) in [5, 5.41) is 4.47. The van der Waals surface area contributed by atoms with E-state index in [9.17, 15) is 0 Å². The fourth-order valence-electron chi connectivity index (χ4n) is 2.24. The van der Waals surface area contributed by atoms with Gasteiger partial charge < -0.3 is 5.73 Å². The van der Waals surface area contributed by atoms with Crippen LogP contribution in [0.1, 0.15) is 12.6 Å². The van der Waals surface area contributed by atoms with Crippen LogP contribution in [0.15, 0.2) is 30.3 Å². The van der Waals surface area contributed by atoms with Crippen molar-refractivity contribution in [3.05, 3.63) is 36.0 Å². The molecule has 5 nitrogen and oxygen atoms in total. The molecule has 0 aliphatic carbocycles. The lowest BCUT2D eigenvalue weighted by Gasteiger charge is -2.07. The first-order valence-corrected chi connectivity index (χ1v) is 5.99. The SMILES string of the molecule is CCn1nc(C)c2nc(N)n(-c3ccccc3)c21. The number of hydrogen-bond acceptors (Lipinski definition) is 3. The molecule has 1 aromatic carbocycles. The summed E-state index contributed by atoms with van der Waals surface area (Å²) >= 11 is 0. The Balaban J connectivity index is 2.38.